The molecular formula is C18H12N4O2. The molecule has 0 aliphatic rings. The summed E-state index contributed by atoms with van der Waals surface area (Å²) in [5, 5.41) is 0.572. The Bertz CT molecular complexity index is 1040. The van der Waals surface area contributed by atoms with Crippen LogP contribution in [0, 0.1) is 0 Å². The molecule has 0 radical (unpaired) electrons. The fourth-order valence-electron chi connectivity index (χ4n) is 2.35. The summed E-state index contributed by atoms with van der Waals surface area (Å²) in [6.45, 7) is 0. The maximum atomic E-state index is 12.1. The van der Waals surface area contributed by atoms with Gasteiger partial charge in [-0.05, 0) is 42.5 Å². The molecule has 0 bridgehead atoms. The van der Waals surface area contributed by atoms with Crippen LogP contribution in [-0.2, 0) is 0 Å². The van der Waals surface area contributed by atoms with Crippen LogP contribution in [0.2, 0.25) is 0 Å². The highest BCUT2D eigenvalue weighted by atomic mass is 16.5. The smallest absolute Gasteiger partial charge is 0.321 e. The Morgan fingerprint density at radius 3 is 2.42 bits per heavy atom. The number of H-pyrrole nitrogens is 1. The first-order chi connectivity index (χ1) is 11.8. The number of hydrogen-bond acceptors (Lipinski definition) is 5. The summed E-state index contributed by atoms with van der Waals surface area (Å²) in [7, 11) is 0. The van der Waals surface area contributed by atoms with Gasteiger partial charge in [-0.3, -0.25) is 4.79 Å². The number of aromatic amines is 1. The van der Waals surface area contributed by atoms with Gasteiger partial charge in [0.15, 0.2) is 0 Å². The molecule has 0 fully saturated rings. The van der Waals surface area contributed by atoms with Gasteiger partial charge in [0.1, 0.15) is 11.6 Å². The fraction of sp³-hybridized carbons (Fsp3) is 0. The summed E-state index contributed by atoms with van der Waals surface area (Å²) in [5.41, 5.74) is 1.29. The van der Waals surface area contributed by atoms with Crippen molar-refractivity contribution in [2.24, 2.45) is 0 Å². The maximum Gasteiger partial charge on any atom is 0.321 e. The summed E-state index contributed by atoms with van der Waals surface area (Å²) in [6.07, 6.45) is 3.22. The van der Waals surface area contributed by atoms with Gasteiger partial charge in [0.05, 0.1) is 10.9 Å². The number of rotatable bonds is 3. The highest BCUT2D eigenvalue weighted by Gasteiger charge is 2.06. The molecule has 4 aromatic rings. The second kappa shape index (κ2) is 5.92. The number of ether oxygens (including phenoxy) is 1. The molecule has 6 nitrogen and oxygen atoms in total. The van der Waals surface area contributed by atoms with E-state index in [1.807, 2.05) is 30.3 Å². The van der Waals surface area contributed by atoms with E-state index in [2.05, 4.69) is 19.9 Å². The van der Waals surface area contributed by atoms with E-state index in [4.69, 9.17) is 4.74 Å². The van der Waals surface area contributed by atoms with Crippen molar-refractivity contribution >= 4 is 10.9 Å². The van der Waals surface area contributed by atoms with Gasteiger partial charge in [-0.15, -0.1) is 0 Å². The standard InChI is InChI=1S/C18H12N4O2/c23-17-14-4-1-2-5-15(14)21-16(22-17)12-6-8-13(9-7-12)24-18-19-10-3-11-20-18/h1-11H,(H,21,22,23). The lowest BCUT2D eigenvalue weighted by atomic mass is 10.2. The van der Waals surface area contributed by atoms with Gasteiger partial charge in [-0.2, -0.15) is 0 Å². The molecule has 0 amide bonds. The minimum absolute atomic E-state index is 0.159. The second-order valence-electron chi connectivity index (χ2n) is 5.09. The van der Waals surface area contributed by atoms with E-state index in [9.17, 15) is 4.79 Å². The molecule has 2 aromatic carbocycles. The molecule has 2 aromatic heterocycles. The monoisotopic (exact) mass is 316 g/mol. The van der Waals surface area contributed by atoms with Crippen LogP contribution in [0.25, 0.3) is 22.3 Å². The van der Waals surface area contributed by atoms with Gasteiger partial charge in [0.25, 0.3) is 5.56 Å². The third kappa shape index (κ3) is 2.72. The second-order valence-corrected chi connectivity index (χ2v) is 5.09. The van der Waals surface area contributed by atoms with E-state index in [-0.39, 0.29) is 11.6 Å². The molecule has 0 saturated heterocycles. The zero-order valence-corrected chi connectivity index (χ0v) is 12.5. The molecule has 1 N–H and O–H groups in total. The molecule has 0 atom stereocenters. The first-order valence-corrected chi connectivity index (χ1v) is 7.34. The lowest BCUT2D eigenvalue weighted by molar-refractivity contribution is 0.442. The van der Waals surface area contributed by atoms with Gasteiger partial charge in [0, 0.05) is 18.0 Å². The molecule has 6 heteroatoms. The zero-order valence-electron chi connectivity index (χ0n) is 12.5. The fourth-order valence-corrected chi connectivity index (χ4v) is 2.35. The summed E-state index contributed by atoms with van der Waals surface area (Å²) in [5.74, 6) is 1.12. The first-order valence-electron chi connectivity index (χ1n) is 7.34. The molecule has 4 rings (SSSR count). The number of aromatic nitrogens is 4. The highest BCUT2D eigenvalue weighted by Crippen LogP contribution is 2.22. The Morgan fingerprint density at radius 2 is 1.62 bits per heavy atom. The average molecular weight is 316 g/mol. The van der Waals surface area contributed by atoms with Crippen molar-refractivity contribution in [3.8, 4) is 23.1 Å². The predicted molar refractivity (Wildman–Crippen MR) is 89.9 cm³/mol. The Balaban J connectivity index is 1.67. The third-order valence-corrected chi connectivity index (χ3v) is 3.49. The Morgan fingerprint density at radius 1 is 0.875 bits per heavy atom. The minimum Gasteiger partial charge on any atom is -0.424 e. The van der Waals surface area contributed by atoms with Crippen LogP contribution in [0.5, 0.6) is 11.8 Å². The summed E-state index contributed by atoms with van der Waals surface area (Å²) in [4.78, 5) is 27.5. The van der Waals surface area contributed by atoms with Gasteiger partial charge in [-0.1, -0.05) is 12.1 Å². The Kier molecular flexibility index (Phi) is 3.47. The van der Waals surface area contributed by atoms with Crippen LogP contribution < -0.4 is 10.3 Å². The maximum absolute atomic E-state index is 12.1. The van der Waals surface area contributed by atoms with E-state index in [1.54, 1.807) is 36.7 Å². The Labute approximate surface area is 136 Å². The van der Waals surface area contributed by atoms with Crippen molar-refractivity contribution in [1.29, 1.82) is 0 Å². The molecule has 116 valence electrons. The highest BCUT2D eigenvalue weighted by molar-refractivity contribution is 5.79. The molecular weight excluding hydrogens is 304 g/mol. The van der Waals surface area contributed by atoms with Crippen molar-refractivity contribution in [2.45, 2.75) is 0 Å². The van der Waals surface area contributed by atoms with E-state index < -0.39 is 0 Å². The van der Waals surface area contributed by atoms with Gasteiger partial charge in [-0.25, -0.2) is 15.0 Å². The molecule has 0 spiro atoms. The lowest BCUT2D eigenvalue weighted by Crippen LogP contribution is -2.09. The molecule has 0 aliphatic heterocycles. The van der Waals surface area contributed by atoms with Crippen LogP contribution >= 0.6 is 0 Å². The van der Waals surface area contributed by atoms with E-state index in [0.29, 0.717) is 22.5 Å². The summed E-state index contributed by atoms with van der Waals surface area (Å²) in [6, 6.07) is 16.4. The van der Waals surface area contributed by atoms with Crippen molar-refractivity contribution in [1.82, 2.24) is 19.9 Å². The van der Waals surface area contributed by atoms with E-state index in [0.717, 1.165) is 5.56 Å². The Hall–Kier alpha value is -3.54. The molecule has 0 aliphatic carbocycles. The van der Waals surface area contributed by atoms with Crippen LogP contribution in [-0.4, -0.2) is 19.9 Å². The molecule has 0 saturated carbocycles. The van der Waals surface area contributed by atoms with Crippen LogP contribution in [0.3, 0.4) is 0 Å². The van der Waals surface area contributed by atoms with E-state index >= 15 is 0 Å². The zero-order chi connectivity index (χ0) is 16.4. The number of benzene rings is 2. The van der Waals surface area contributed by atoms with E-state index in [1.165, 1.54) is 0 Å². The van der Waals surface area contributed by atoms with Crippen molar-refractivity contribution in [3.05, 3.63) is 77.3 Å². The molecule has 24 heavy (non-hydrogen) atoms. The van der Waals surface area contributed by atoms with Crippen molar-refractivity contribution in [2.75, 3.05) is 0 Å². The average Bonchev–Trinajstić information content (AvgIpc) is 2.63. The van der Waals surface area contributed by atoms with Crippen LogP contribution in [0.4, 0.5) is 0 Å². The topological polar surface area (TPSA) is 80.8 Å². The number of para-hydroxylation sites is 1. The van der Waals surface area contributed by atoms with Gasteiger partial charge < -0.3 is 9.72 Å². The predicted octanol–water partition coefficient (Wildman–Crippen LogP) is 3.17. The van der Waals surface area contributed by atoms with Crippen molar-refractivity contribution < 1.29 is 4.74 Å². The summed E-state index contributed by atoms with van der Waals surface area (Å²) < 4.78 is 5.55. The number of hydrogen-bond donors (Lipinski definition) is 1. The largest absolute Gasteiger partial charge is 0.424 e. The number of nitrogens with zero attached hydrogens (tertiary/aromatic N) is 3. The van der Waals surface area contributed by atoms with Gasteiger partial charge in [0.2, 0.25) is 0 Å². The third-order valence-electron chi connectivity index (χ3n) is 3.49. The number of nitrogens with one attached hydrogen (secondary N) is 1. The SMILES string of the molecule is O=c1[nH]c(-c2ccc(Oc3ncccn3)cc2)nc2ccccc12. The molecule has 2 heterocycles. The summed E-state index contributed by atoms with van der Waals surface area (Å²) >= 11 is 0. The van der Waals surface area contributed by atoms with Crippen LogP contribution in [0.1, 0.15) is 0 Å². The normalized spacial score (nSPS) is 10.7. The van der Waals surface area contributed by atoms with Crippen molar-refractivity contribution in [3.63, 3.8) is 0 Å². The van der Waals surface area contributed by atoms with Gasteiger partial charge >= 0.3 is 6.01 Å². The minimum atomic E-state index is -0.159. The molecule has 0 unspecified atom stereocenters. The number of fused-ring (bicyclic) bond motifs is 1. The first kappa shape index (κ1) is 14.1. The quantitative estimate of drug-likeness (QED) is 0.628. The lowest BCUT2D eigenvalue weighted by Gasteiger charge is -2.05. The van der Waals surface area contributed by atoms with Crippen LogP contribution in [0.15, 0.2) is 71.8 Å².